The maximum Gasteiger partial charge on any atom is 0.249 e. The van der Waals surface area contributed by atoms with E-state index in [0.717, 1.165) is 31.7 Å². The molecule has 2 aliphatic rings. The molecule has 2 aromatic rings. The number of hydrogen-bond donors (Lipinski definition) is 2. The first kappa shape index (κ1) is 25.8. The molecule has 1 aromatic heterocycles. The number of amides is 1. The Bertz CT molecular complexity index is 1000. The maximum atomic E-state index is 15.5. The fraction of sp³-hybridized carbons (Fsp3) is 0.630. The summed E-state index contributed by atoms with van der Waals surface area (Å²) in [5.41, 5.74) is 1.38. The zero-order valence-electron chi connectivity index (χ0n) is 20.6. The number of piperidine rings is 1. The van der Waals surface area contributed by atoms with Crippen molar-refractivity contribution in [2.45, 2.75) is 70.4 Å². The molecule has 1 aromatic carbocycles. The fourth-order valence-corrected chi connectivity index (χ4v) is 5.92. The van der Waals surface area contributed by atoms with Crippen molar-refractivity contribution < 1.29 is 23.5 Å². The molecule has 1 saturated carbocycles. The molecule has 6 nitrogen and oxygen atoms in total. The highest BCUT2D eigenvalue weighted by molar-refractivity contribution is 5.84. The Morgan fingerprint density at radius 1 is 1.29 bits per heavy atom. The topological polar surface area (TPSA) is 74.7 Å². The third-order valence-corrected chi connectivity index (χ3v) is 8.23. The second kappa shape index (κ2) is 11.6. The Balaban J connectivity index is 1.42. The molecule has 192 valence electrons. The molecule has 0 bridgehead atoms. The number of halogens is 2. The van der Waals surface area contributed by atoms with Crippen LogP contribution in [-0.2, 0) is 4.79 Å². The minimum atomic E-state index is -1.61. The first-order chi connectivity index (χ1) is 17.0. The maximum absolute atomic E-state index is 15.5. The summed E-state index contributed by atoms with van der Waals surface area (Å²) >= 11 is 0. The molecule has 2 N–H and O–H groups in total. The van der Waals surface area contributed by atoms with E-state index < -0.39 is 23.3 Å². The van der Waals surface area contributed by atoms with Crippen LogP contribution in [0.2, 0.25) is 0 Å². The van der Waals surface area contributed by atoms with Crippen LogP contribution in [0, 0.1) is 17.2 Å². The lowest BCUT2D eigenvalue weighted by Gasteiger charge is -2.41. The summed E-state index contributed by atoms with van der Waals surface area (Å²) in [5, 5.41) is 9.80. The van der Waals surface area contributed by atoms with E-state index in [2.05, 4.69) is 9.88 Å². The zero-order chi connectivity index (χ0) is 24.8. The van der Waals surface area contributed by atoms with Gasteiger partial charge in [0, 0.05) is 10.9 Å². The first-order valence-corrected chi connectivity index (χ1v) is 12.9. The minimum Gasteiger partial charge on any atom is -0.497 e. The van der Waals surface area contributed by atoms with Gasteiger partial charge in [0.25, 0.3) is 0 Å². The normalized spacial score (nSPS) is 20.0. The average molecular weight is 490 g/mol. The molecule has 1 saturated heterocycles. The van der Waals surface area contributed by atoms with Gasteiger partial charge in [0.05, 0.1) is 24.2 Å². The van der Waals surface area contributed by atoms with Crippen LogP contribution in [0.15, 0.2) is 24.4 Å². The van der Waals surface area contributed by atoms with E-state index in [-0.39, 0.29) is 18.4 Å². The summed E-state index contributed by atoms with van der Waals surface area (Å²) in [6.45, 7) is 2.49. The number of nitrogens with zero attached hydrogens (tertiary/aromatic N) is 2. The van der Waals surface area contributed by atoms with Crippen LogP contribution in [-0.4, -0.2) is 47.7 Å². The van der Waals surface area contributed by atoms with Crippen molar-refractivity contribution in [2.24, 2.45) is 11.3 Å². The first-order valence-electron chi connectivity index (χ1n) is 12.9. The number of likely N-dealkylation sites (tertiary alicyclic amines) is 1. The van der Waals surface area contributed by atoms with E-state index in [1.807, 2.05) is 5.48 Å². The van der Waals surface area contributed by atoms with Crippen LogP contribution in [0.4, 0.5) is 8.78 Å². The van der Waals surface area contributed by atoms with Gasteiger partial charge >= 0.3 is 0 Å². The standard InChI is InChI=1S/C27H37F2N3O3/c1-35-20-7-8-24-21(17-20)25(23(29)18-30-24)22(28)9-11-27(26(33)31-34)12-15-32(16-13-27)14-10-19-5-3-2-4-6-19/h7-8,17-19,22,34H,2-6,9-16H2,1H3,(H,31,33). The average Bonchev–Trinajstić information content (AvgIpc) is 2.90. The predicted molar refractivity (Wildman–Crippen MR) is 131 cm³/mol. The summed E-state index contributed by atoms with van der Waals surface area (Å²) in [5.74, 6) is 0.108. The molecule has 1 aliphatic heterocycles. The number of methoxy groups -OCH3 is 1. The highest BCUT2D eigenvalue weighted by Gasteiger charge is 2.41. The van der Waals surface area contributed by atoms with E-state index in [4.69, 9.17) is 4.74 Å². The number of carbonyl (C=O) groups is 1. The van der Waals surface area contributed by atoms with E-state index in [0.29, 0.717) is 29.5 Å². The molecular formula is C27H37F2N3O3. The van der Waals surface area contributed by atoms with E-state index in [1.165, 1.54) is 45.6 Å². The Morgan fingerprint density at radius 2 is 2.03 bits per heavy atom. The molecule has 1 aliphatic carbocycles. The highest BCUT2D eigenvalue weighted by Crippen LogP contribution is 2.41. The van der Waals surface area contributed by atoms with Gasteiger partial charge in [-0.3, -0.25) is 15.0 Å². The summed E-state index contributed by atoms with van der Waals surface area (Å²) in [4.78, 5) is 19.2. The lowest BCUT2D eigenvalue weighted by molar-refractivity contribution is -0.143. The van der Waals surface area contributed by atoms with Gasteiger partial charge in [0.15, 0.2) is 0 Å². The van der Waals surface area contributed by atoms with Crippen LogP contribution >= 0.6 is 0 Å². The summed E-state index contributed by atoms with van der Waals surface area (Å²) < 4.78 is 35.5. The van der Waals surface area contributed by atoms with Crippen molar-refractivity contribution in [3.63, 3.8) is 0 Å². The van der Waals surface area contributed by atoms with E-state index in [9.17, 15) is 14.4 Å². The summed E-state index contributed by atoms with van der Waals surface area (Å²) in [6.07, 6.45) is 8.54. The van der Waals surface area contributed by atoms with Gasteiger partial charge in [-0.1, -0.05) is 32.1 Å². The summed E-state index contributed by atoms with van der Waals surface area (Å²) in [6, 6.07) is 4.97. The van der Waals surface area contributed by atoms with Crippen LogP contribution < -0.4 is 10.2 Å². The smallest absolute Gasteiger partial charge is 0.249 e. The Kier molecular flexibility index (Phi) is 8.55. The number of hydrogen-bond acceptors (Lipinski definition) is 5. The minimum absolute atomic E-state index is 0.0251. The van der Waals surface area contributed by atoms with Gasteiger partial charge < -0.3 is 9.64 Å². The van der Waals surface area contributed by atoms with Gasteiger partial charge in [-0.05, 0) is 75.9 Å². The molecule has 2 fully saturated rings. The summed E-state index contributed by atoms with van der Waals surface area (Å²) in [7, 11) is 1.50. The highest BCUT2D eigenvalue weighted by atomic mass is 19.1. The third-order valence-electron chi connectivity index (χ3n) is 8.23. The second-order valence-electron chi connectivity index (χ2n) is 10.3. The lowest BCUT2D eigenvalue weighted by Crippen LogP contribution is -2.48. The molecule has 0 spiro atoms. The number of alkyl halides is 1. The van der Waals surface area contributed by atoms with E-state index >= 15 is 4.39 Å². The van der Waals surface area contributed by atoms with E-state index in [1.54, 1.807) is 18.2 Å². The van der Waals surface area contributed by atoms with Crippen LogP contribution in [0.1, 0.15) is 75.9 Å². The predicted octanol–water partition coefficient (Wildman–Crippen LogP) is 5.73. The van der Waals surface area contributed by atoms with Crippen LogP contribution in [0.5, 0.6) is 5.75 Å². The molecule has 2 heterocycles. The van der Waals surface area contributed by atoms with Crippen molar-refractivity contribution in [1.29, 1.82) is 0 Å². The molecule has 1 amide bonds. The molecule has 1 atom stereocenters. The zero-order valence-corrected chi connectivity index (χ0v) is 20.6. The van der Waals surface area contributed by atoms with Gasteiger partial charge in [0.2, 0.25) is 5.91 Å². The second-order valence-corrected chi connectivity index (χ2v) is 10.3. The number of hydroxylamine groups is 1. The SMILES string of the molecule is COc1ccc2ncc(F)c(C(F)CCC3(C(=O)NO)CCN(CCC4CCCCC4)CC3)c2c1. The molecule has 35 heavy (non-hydrogen) atoms. The Morgan fingerprint density at radius 3 is 2.71 bits per heavy atom. The number of fused-ring (bicyclic) bond motifs is 1. The largest absolute Gasteiger partial charge is 0.497 e. The Labute approximate surface area is 206 Å². The number of carbonyl (C=O) groups excluding carboxylic acids is 1. The fourth-order valence-electron chi connectivity index (χ4n) is 5.92. The van der Waals surface area contributed by atoms with Gasteiger partial charge in [-0.25, -0.2) is 14.3 Å². The van der Waals surface area contributed by atoms with Crippen molar-refractivity contribution in [1.82, 2.24) is 15.4 Å². The Hall–Kier alpha value is -2.32. The number of ether oxygens (including phenoxy) is 1. The van der Waals surface area contributed by atoms with Gasteiger partial charge in [-0.15, -0.1) is 0 Å². The van der Waals surface area contributed by atoms with Gasteiger partial charge in [0.1, 0.15) is 17.7 Å². The van der Waals surface area contributed by atoms with Crippen LogP contribution in [0.3, 0.4) is 0 Å². The third kappa shape index (κ3) is 5.92. The quantitative estimate of drug-likeness (QED) is 0.348. The number of benzene rings is 1. The van der Waals surface area contributed by atoms with Crippen molar-refractivity contribution in [3.8, 4) is 5.75 Å². The monoisotopic (exact) mass is 489 g/mol. The number of nitrogens with one attached hydrogen (secondary N) is 1. The lowest BCUT2D eigenvalue weighted by atomic mass is 9.73. The molecule has 1 unspecified atom stereocenters. The number of aromatic nitrogens is 1. The molecule has 4 rings (SSSR count). The van der Waals surface area contributed by atoms with Crippen LogP contribution in [0.25, 0.3) is 10.9 Å². The van der Waals surface area contributed by atoms with Crippen molar-refractivity contribution in [3.05, 3.63) is 35.8 Å². The van der Waals surface area contributed by atoms with Crippen molar-refractivity contribution in [2.75, 3.05) is 26.7 Å². The number of rotatable bonds is 9. The van der Waals surface area contributed by atoms with Crippen molar-refractivity contribution >= 4 is 16.8 Å². The van der Waals surface area contributed by atoms with Gasteiger partial charge in [-0.2, -0.15) is 0 Å². The molecule has 8 heteroatoms. The molecular weight excluding hydrogens is 452 g/mol. The number of pyridine rings is 1. The molecule has 0 radical (unpaired) electrons.